The highest BCUT2D eigenvalue weighted by atomic mass is 16.5. The van der Waals surface area contributed by atoms with Gasteiger partial charge in [-0.3, -0.25) is 4.79 Å². The van der Waals surface area contributed by atoms with Crippen LogP contribution in [0.4, 0.5) is 0 Å². The second-order valence-corrected chi connectivity index (χ2v) is 5.05. The molecule has 2 rings (SSSR count). The van der Waals surface area contributed by atoms with Crippen LogP contribution in [-0.2, 0) is 4.74 Å². The van der Waals surface area contributed by atoms with Crippen molar-refractivity contribution in [2.24, 2.45) is 5.92 Å². The molecular formula is C15H20O3. The minimum Gasteiger partial charge on any atom is -0.491 e. The second kappa shape index (κ2) is 6.01. The van der Waals surface area contributed by atoms with Gasteiger partial charge in [-0.2, -0.15) is 0 Å². The van der Waals surface area contributed by atoms with E-state index in [9.17, 15) is 4.79 Å². The average Bonchev–Trinajstić information content (AvgIpc) is 2.81. The van der Waals surface area contributed by atoms with E-state index in [2.05, 4.69) is 0 Å². The first-order valence-corrected chi connectivity index (χ1v) is 6.53. The Kier molecular flexibility index (Phi) is 4.37. The van der Waals surface area contributed by atoms with Crippen LogP contribution in [0.5, 0.6) is 5.75 Å². The van der Waals surface area contributed by atoms with Crippen molar-refractivity contribution in [1.82, 2.24) is 0 Å². The molecule has 1 aliphatic rings. The molecular weight excluding hydrogens is 228 g/mol. The van der Waals surface area contributed by atoms with Crippen LogP contribution < -0.4 is 4.74 Å². The standard InChI is InChI=1S/C15H20O3/c1-11(2)18-14-5-3-4-13(9-14)15(16)8-12-6-7-17-10-12/h3-5,9,11-12H,6-8,10H2,1-2H3. The minimum atomic E-state index is 0.124. The Morgan fingerprint density at radius 1 is 1.50 bits per heavy atom. The molecule has 1 unspecified atom stereocenters. The van der Waals surface area contributed by atoms with E-state index in [0.29, 0.717) is 18.9 Å². The topological polar surface area (TPSA) is 35.5 Å². The van der Waals surface area contributed by atoms with Crippen LogP contribution >= 0.6 is 0 Å². The molecule has 1 atom stereocenters. The fourth-order valence-corrected chi connectivity index (χ4v) is 2.14. The van der Waals surface area contributed by atoms with Gasteiger partial charge in [0.15, 0.2) is 5.78 Å². The highest BCUT2D eigenvalue weighted by molar-refractivity contribution is 5.96. The summed E-state index contributed by atoms with van der Waals surface area (Å²) in [6, 6.07) is 7.44. The van der Waals surface area contributed by atoms with Crippen molar-refractivity contribution in [3.63, 3.8) is 0 Å². The molecule has 0 aliphatic carbocycles. The molecule has 3 nitrogen and oxygen atoms in total. The summed E-state index contributed by atoms with van der Waals surface area (Å²) >= 11 is 0. The van der Waals surface area contributed by atoms with E-state index in [1.165, 1.54) is 0 Å². The predicted molar refractivity (Wildman–Crippen MR) is 70.1 cm³/mol. The lowest BCUT2D eigenvalue weighted by Gasteiger charge is -2.11. The van der Waals surface area contributed by atoms with Crippen molar-refractivity contribution in [2.45, 2.75) is 32.8 Å². The molecule has 0 spiro atoms. The number of ether oxygens (including phenoxy) is 2. The van der Waals surface area contributed by atoms with E-state index >= 15 is 0 Å². The summed E-state index contributed by atoms with van der Waals surface area (Å²) in [5.74, 6) is 1.32. The van der Waals surface area contributed by atoms with Gasteiger partial charge in [0.1, 0.15) is 5.75 Å². The quantitative estimate of drug-likeness (QED) is 0.751. The van der Waals surface area contributed by atoms with E-state index in [4.69, 9.17) is 9.47 Å². The zero-order valence-electron chi connectivity index (χ0n) is 11.0. The molecule has 3 heteroatoms. The molecule has 1 saturated heterocycles. The lowest BCUT2D eigenvalue weighted by Crippen LogP contribution is -2.10. The predicted octanol–water partition coefficient (Wildman–Crippen LogP) is 3.08. The Balaban J connectivity index is 2.00. The second-order valence-electron chi connectivity index (χ2n) is 5.05. The smallest absolute Gasteiger partial charge is 0.163 e. The Labute approximate surface area is 108 Å². The molecule has 0 radical (unpaired) electrons. The maximum absolute atomic E-state index is 12.1. The van der Waals surface area contributed by atoms with Gasteiger partial charge in [-0.1, -0.05) is 12.1 Å². The summed E-state index contributed by atoms with van der Waals surface area (Å²) in [4.78, 5) is 12.1. The molecule has 0 amide bonds. The minimum absolute atomic E-state index is 0.124. The fourth-order valence-electron chi connectivity index (χ4n) is 2.14. The third-order valence-electron chi connectivity index (χ3n) is 3.03. The number of ketones is 1. The van der Waals surface area contributed by atoms with Crippen LogP contribution in [0.2, 0.25) is 0 Å². The normalized spacial score (nSPS) is 19.2. The van der Waals surface area contributed by atoms with Crippen LogP contribution in [0.25, 0.3) is 0 Å². The first-order valence-electron chi connectivity index (χ1n) is 6.53. The zero-order valence-corrected chi connectivity index (χ0v) is 11.0. The number of hydrogen-bond donors (Lipinski definition) is 0. The maximum atomic E-state index is 12.1. The van der Waals surface area contributed by atoms with Crippen molar-refractivity contribution in [2.75, 3.05) is 13.2 Å². The van der Waals surface area contributed by atoms with Crippen molar-refractivity contribution >= 4 is 5.78 Å². The van der Waals surface area contributed by atoms with Gasteiger partial charge in [0.05, 0.1) is 6.10 Å². The molecule has 1 heterocycles. The van der Waals surface area contributed by atoms with Gasteiger partial charge in [0.25, 0.3) is 0 Å². The molecule has 0 saturated carbocycles. The van der Waals surface area contributed by atoms with Gasteiger partial charge < -0.3 is 9.47 Å². The molecule has 0 N–H and O–H groups in total. The lowest BCUT2D eigenvalue weighted by atomic mass is 9.98. The zero-order chi connectivity index (χ0) is 13.0. The highest BCUT2D eigenvalue weighted by Crippen LogP contribution is 2.21. The van der Waals surface area contributed by atoms with E-state index in [1.807, 2.05) is 38.1 Å². The van der Waals surface area contributed by atoms with Crippen molar-refractivity contribution in [3.8, 4) is 5.75 Å². The van der Waals surface area contributed by atoms with Gasteiger partial charge in [-0.25, -0.2) is 0 Å². The highest BCUT2D eigenvalue weighted by Gasteiger charge is 2.20. The van der Waals surface area contributed by atoms with Crippen LogP contribution in [0, 0.1) is 5.92 Å². The van der Waals surface area contributed by atoms with Crippen LogP contribution in [-0.4, -0.2) is 25.1 Å². The summed E-state index contributed by atoms with van der Waals surface area (Å²) in [5.41, 5.74) is 0.736. The largest absolute Gasteiger partial charge is 0.491 e. The molecule has 0 bridgehead atoms. The van der Waals surface area contributed by atoms with Crippen LogP contribution in [0.15, 0.2) is 24.3 Å². The number of benzene rings is 1. The monoisotopic (exact) mass is 248 g/mol. The third-order valence-corrected chi connectivity index (χ3v) is 3.03. The van der Waals surface area contributed by atoms with Gasteiger partial charge in [-0.15, -0.1) is 0 Å². The number of rotatable bonds is 5. The van der Waals surface area contributed by atoms with E-state index in [-0.39, 0.29) is 11.9 Å². The first-order chi connectivity index (χ1) is 8.65. The summed E-state index contributed by atoms with van der Waals surface area (Å²) in [6.45, 7) is 5.46. The molecule has 1 fully saturated rings. The molecule has 1 aromatic carbocycles. The third kappa shape index (κ3) is 3.57. The first kappa shape index (κ1) is 13.1. The van der Waals surface area contributed by atoms with Crippen molar-refractivity contribution < 1.29 is 14.3 Å². The fraction of sp³-hybridized carbons (Fsp3) is 0.533. The van der Waals surface area contributed by atoms with Gasteiger partial charge in [0, 0.05) is 25.2 Å². The number of hydrogen-bond acceptors (Lipinski definition) is 3. The Morgan fingerprint density at radius 2 is 2.33 bits per heavy atom. The van der Waals surface area contributed by atoms with Gasteiger partial charge in [-0.05, 0) is 38.3 Å². The summed E-state index contributed by atoms with van der Waals surface area (Å²) in [7, 11) is 0. The van der Waals surface area contributed by atoms with Crippen molar-refractivity contribution in [1.29, 1.82) is 0 Å². The summed E-state index contributed by atoms with van der Waals surface area (Å²) < 4.78 is 10.9. The van der Waals surface area contributed by atoms with Gasteiger partial charge in [0.2, 0.25) is 0 Å². The lowest BCUT2D eigenvalue weighted by molar-refractivity contribution is 0.0952. The molecule has 98 valence electrons. The van der Waals surface area contributed by atoms with E-state index in [0.717, 1.165) is 24.3 Å². The Morgan fingerprint density at radius 3 is 3.00 bits per heavy atom. The van der Waals surface area contributed by atoms with E-state index in [1.54, 1.807) is 0 Å². The number of carbonyl (C=O) groups excluding carboxylic acids is 1. The number of Topliss-reactive ketones (excluding diaryl/α,β-unsaturated/α-hetero) is 1. The average molecular weight is 248 g/mol. The molecule has 1 aliphatic heterocycles. The Bertz CT molecular complexity index is 406. The van der Waals surface area contributed by atoms with E-state index < -0.39 is 0 Å². The molecule has 18 heavy (non-hydrogen) atoms. The molecule has 0 aromatic heterocycles. The van der Waals surface area contributed by atoms with Crippen LogP contribution in [0.1, 0.15) is 37.0 Å². The Hall–Kier alpha value is -1.35. The van der Waals surface area contributed by atoms with Gasteiger partial charge >= 0.3 is 0 Å². The maximum Gasteiger partial charge on any atom is 0.163 e. The molecule has 1 aromatic rings. The summed E-state index contributed by atoms with van der Waals surface area (Å²) in [6.07, 6.45) is 1.69. The van der Waals surface area contributed by atoms with Crippen molar-refractivity contribution in [3.05, 3.63) is 29.8 Å². The SMILES string of the molecule is CC(C)Oc1cccc(C(=O)CC2CCOC2)c1. The number of carbonyl (C=O) groups is 1. The van der Waals surface area contributed by atoms with Crippen LogP contribution in [0.3, 0.4) is 0 Å². The summed E-state index contributed by atoms with van der Waals surface area (Å²) in [5, 5.41) is 0.